The Kier molecular flexibility index (Phi) is 2.04. The van der Waals surface area contributed by atoms with E-state index in [9.17, 15) is 0 Å². The second-order valence-corrected chi connectivity index (χ2v) is 4.67. The van der Waals surface area contributed by atoms with E-state index in [1.165, 1.54) is 30.5 Å². The van der Waals surface area contributed by atoms with Gasteiger partial charge in [-0.15, -0.1) is 0 Å². The van der Waals surface area contributed by atoms with Crippen LogP contribution in [0.4, 0.5) is 11.5 Å². The number of nitrogens with one attached hydrogen (secondary N) is 2. The number of aromatic nitrogens is 1. The van der Waals surface area contributed by atoms with Gasteiger partial charge in [0.25, 0.3) is 0 Å². The molecule has 0 saturated heterocycles. The Morgan fingerprint density at radius 1 is 1.40 bits per heavy atom. The van der Waals surface area contributed by atoms with E-state index in [0.717, 1.165) is 18.3 Å². The minimum atomic E-state index is 0.632. The van der Waals surface area contributed by atoms with Crippen molar-refractivity contribution in [1.82, 2.24) is 4.98 Å². The van der Waals surface area contributed by atoms with Gasteiger partial charge in [0.1, 0.15) is 5.82 Å². The van der Waals surface area contributed by atoms with Gasteiger partial charge in [0.05, 0.1) is 5.69 Å². The van der Waals surface area contributed by atoms with Crippen LogP contribution in [0.15, 0.2) is 12.3 Å². The summed E-state index contributed by atoms with van der Waals surface area (Å²) in [6.45, 7) is 3.23. The lowest BCUT2D eigenvalue weighted by Gasteiger charge is -2.16. The molecule has 0 bridgehead atoms. The summed E-state index contributed by atoms with van der Waals surface area (Å²) >= 11 is 0. The van der Waals surface area contributed by atoms with Crippen molar-refractivity contribution in [1.29, 1.82) is 0 Å². The maximum Gasteiger partial charge on any atom is 0.149 e. The van der Waals surface area contributed by atoms with Gasteiger partial charge in [0.2, 0.25) is 0 Å². The van der Waals surface area contributed by atoms with Crippen LogP contribution in [0.3, 0.4) is 0 Å². The van der Waals surface area contributed by atoms with Crippen molar-refractivity contribution in [2.75, 3.05) is 17.2 Å². The van der Waals surface area contributed by atoms with Gasteiger partial charge < -0.3 is 10.6 Å². The van der Waals surface area contributed by atoms with Crippen molar-refractivity contribution < 1.29 is 0 Å². The summed E-state index contributed by atoms with van der Waals surface area (Å²) in [7, 11) is 0. The van der Waals surface area contributed by atoms with E-state index in [-0.39, 0.29) is 0 Å². The number of rotatable bonds is 0. The van der Waals surface area contributed by atoms with E-state index in [1.807, 2.05) is 6.20 Å². The maximum atomic E-state index is 4.43. The van der Waals surface area contributed by atoms with Crippen molar-refractivity contribution in [3.8, 4) is 0 Å². The number of fused-ring (bicyclic) bond motifs is 2. The highest BCUT2D eigenvalue weighted by atomic mass is 15.1. The Labute approximate surface area is 90.3 Å². The molecule has 3 heteroatoms. The molecule has 1 aliphatic carbocycles. The Morgan fingerprint density at radius 3 is 3.27 bits per heavy atom. The quantitative estimate of drug-likeness (QED) is 0.680. The minimum Gasteiger partial charge on any atom is -0.381 e. The molecule has 0 radical (unpaired) electrons. The molecular formula is C12H17N3. The highest BCUT2D eigenvalue weighted by Crippen LogP contribution is 2.34. The van der Waals surface area contributed by atoms with Crippen LogP contribution in [0.25, 0.3) is 0 Å². The zero-order chi connectivity index (χ0) is 10.3. The molecule has 80 valence electrons. The SMILES string of the molecule is Cc1ccnc2c1NCC1CCCC1N2. The number of aryl methyl sites for hydroxylation is 1. The fourth-order valence-corrected chi connectivity index (χ4v) is 2.77. The first kappa shape index (κ1) is 9.01. The molecule has 0 aromatic carbocycles. The lowest BCUT2D eigenvalue weighted by Crippen LogP contribution is -2.25. The summed E-state index contributed by atoms with van der Waals surface area (Å²) in [4.78, 5) is 4.43. The highest BCUT2D eigenvalue weighted by Gasteiger charge is 2.30. The zero-order valence-corrected chi connectivity index (χ0v) is 9.09. The third kappa shape index (κ3) is 1.46. The molecule has 2 aliphatic rings. The molecule has 1 aliphatic heterocycles. The largest absolute Gasteiger partial charge is 0.381 e. The Hall–Kier alpha value is -1.25. The monoisotopic (exact) mass is 203 g/mol. The van der Waals surface area contributed by atoms with Gasteiger partial charge in [-0.1, -0.05) is 6.42 Å². The lowest BCUT2D eigenvalue weighted by molar-refractivity contribution is 0.536. The number of hydrogen-bond acceptors (Lipinski definition) is 3. The van der Waals surface area contributed by atoms with Crippen LogP contribution in [-0.2, 0) is 0 Å². The van der Waals surface area contributed by atoms with Crippen LogP contribution in [0.5, 0.6) is 0 Å². The maximum absolute atomic E-state index is 4.43. The molecule has 2 unspecified atom stereocenters. The number of hydrogen-bond donors (Lipinski definition) is 2. The van der Waals surface area contributed by atoms with E-state index in [0.29, 0.717) is 6.04 Å². The molecule has 1 aromatic heterocycles. The van der Waals surface area contributed by atoms with Crippen LogP contribution < -0.4 is 10.6 Å². The van der Waals surface area contributed by atoms with Crippen LogP contribution in [0, 0.1) is 12.8 Å². The topological polar surface area (TPSA) is 37.0 Å². The standard InChI is InChI=1S/C12H17N3/c1-8-5-6-13-12-11(8)14-7-9-3-2-4-10(9)15-12/h5-6,9-10,14H,2-4,7H2,1H3,(H,13,15). The molecule has 1 fully saturated rings. The fourth-order valence-electron chi connectivity index (χ4n) is 2.77. The molecule has 1 aromatic rings. The van der Waals surface area contributed by atoms with Crippen molar-refractivity contribution in [3.63, 3.8) is 0 Å². The van der Waals surface area contributed by atoms with Gasteiger partial charge in [-0.2, -0.15) is 0 Å². The summed E-state index contributed by atoms with van der Waals surface area (Å²) in [6.07, 6.45) is 5.88. The summed E-state index contributed by atoms with van der Waals surface area (Å²) in [5, 5.41) is 7.13. The van der Waals surface area contributed by atoms with Gasteiger partial charge in [0, 0.05) is 18.8 Å². The Bertz CT molecular complexity index is 375. The van der Waals surface area contributed by atoms with E-state index >= 15 is 0 Å². The summed E-state index contributed by atoms with van der Waals surface area (Å²) in [5.74, 6) is 1.82. The van der Waals surface area contributed by atoms with E-state index < -0.39 is 0 Å². The highest BCUT2D eigenvalue weighted by molar-refractivity contribution is 5.69. The van der Waals surface area contributed by atoms with E-state index in [2.05, 4.69) is 28.6 Å². The van der Waals surface area contributed by atoms with Gasteiger partial charge in [0.15, 0.2) is 0 Å². The summed E-state index contributed by atoms with van der Waals surface area (Å²) in [6, 6.07) is 2.70. The molecule has 15 heavy (non-hydrogen) atoms. The molecule has 0 spiro atoms. The lowest BCUT2D eigenvalue weighted by atomic mass is 10.0. The third-order valence-corrected chi connectivity index (χ3v) is 3.68. The summed E-state index contributed by atoms with van der Waals surface area (Å²) in [5.41, 5.74) is 2.49. The second-order valence-electron chi connectivity index (χ2n) is 4.67. The molecule has 3 rings (SSSR count). The zero-order valence-electron chi connectivity index (χ0n) is 9.09. The van der Waals surface area contributed by atoms with Gasteiger partial charge in [-0.25, -0.2) is 4.98 Å². The van der Waals surface area contributed by atoms with Crippen LogP contribution >= 0.6 is 0 Å². The predicted molar refractivity (Wildman–Crippen MR) is 62.2 cm³/mol. The average Bonchev–Trinajstić information content (AvgIpc) is 2.58. The van der Waals surface area contributed by atoms with Crippen molar-refractivity contribution >= 4 is 11.5 Å². The number of nitrogens with zero attached hydrogens (tertiary/aromatic N) is 1. The first-order valence-electron chi connectivity index (χ1n) is 5.80. The Morgan fingerprint density at radius 2 is 2.33 bits per heavy atom. The normalized spacial score (nSPS) is 28.3. The fraction of sp³-hybridized carbons (Fsp3) is 0.583. The van der Waals surface area contributed by atoms with Gasteiger partial charge >= 0.3 is 0 Å². The minimum absolute atomic E-state index is 0.632. The van der Waals surface area contributed by atoms with E-state index in [1.54, 1.807) is 0 Å². The Balaban J connectivity index is 1.97. The first-order chi connectivity index (χ1) is 7.34. The average molecular weight is 203 g/mol. The van der Waals surface area contributed by atoms with Crippen LogP contribution in [-0.4, -0.2) is 17.6 Å². The molecule has 3 nitrogen and oxygen atoms in total. The van der Waals surface area contributed by atoms with Gasteiger partial charge in [-0.3, -0.25) is 0 Å². The van der Waals surface area contributed by atoms with Crippen molar-refractivity contribution in [3.05, 3.63) is 17.8 Å². The summed E-state index contributed by atoms with van der Waals surface area (Å²) < 4.78 is 0. The smallest absolute Gasteiger partial charge is 0.149 e. The number of anilines is 2. The van der Waals surface area contributed by atoms with Crippen molar-refractivity contribution in [2.45, 2.75) is 32.2 Å². The van der Waals surface area contributed by atoms with Crippen molar-refractivity contribution in [2.24, 2.45) is 5.92 Å². The molecule has 2 heterocycles. The molecule has 0 amide bonds. The van der Waals surface area contributed by atoms with Crippen LogP contribution in [0.2, 0.25) is 0 Å². The molecule has 2 atom stereocenters. The van der Waals surface area contributed by atoms with Gasteiger partial charge in [-0.05, 0) is 37.3 Å². The first-order valence-corrected chi connectivity index (χ1v) is 5.80. The van der Waals surface area contributed by atoms with Crippen LogP contribution in [0.1, 0.15) is 24.8 Å². The number of pyridine rings is 1. The molecule has 2 N–H and O–H groups in total. The third-order valence-electron chi connectivity index (χ3n) is 3.68. The molecular weight excluding hydrogens is 186 g/mol. The second kappa shape index (κ2) is 3.40. The predicted octanol–water partition coefficient (Wildman–Crippen LogP) is 2.40. The van der Waals surface area contributed by atoms with E-state index in [4.69, 9.17) is 0 Å². The molecule has 1 saturated carbocycles.